The first-order chi connectivity index (χ1) is 6.19. The van der Waals surface area contributed by atoms with E-state index in [-0.39, 0.29) is 19.2 Å². The predicted molar refractivity (Wildman–Crippen MR) is 45.2 cm³/mol. The third-order valence-corrected chi connectivity index (χ3v) is 2.11. The Morgan fingerprint density at radius 2 is 2.38 bits per heavy atom. The summed E-state index contributed by atoms with van der Waals surface area (Å²) < 4.78 is 4.77. The number of aliphatic hydroxyl groups is 2. The summed E-state index contributed by atoms with van der Waals surface area (Å²) in [5, 5.41) is 18.2. The molecule has 0 aromatic rings. The molecule has 0 spiro atoms. The van der Waals surface area contributed by atoms with Gasteiger partial charge in [0.2, 0.25) is 0 Å². The van der Waals surface area contributed by atoms with Crippen LogP contribution in [-0.4, -0.2) is 53.1 Å². The summed E-state index contributed by atoms with van der Waals surface area (Å²) in [6, 6.07) is -0.297. The molecule has 1 aliphatic heterocycles. The highest BCUT2D eigenvalue weighted by atomic mass is 16.6. The molecule has 0 aromatic carbocycles. The van der Waals surface area contributed by atoms with Crippen molar-refractivity contribution in [2.45, 2.75) is 25.5 Å². The zero-order valence-electron chi connectivity index (χ0n) is 7.64. The molecule has 0 aliphatic carbocycles. The quantitative estimate of drug-likeness (QED) is 0.618. The van der Waals surface area contributed by atoms with Crippen molar-refractivity contribution in [3.63, 3.8) is 0 Å². The van der Waals surface area contributed by atoms with E-state index in [0.717, 1.165) is 0 Å². The number of aliphatic hydroxyl groups excluding tert-OH is 2. The van der Waals surface area contributed by atoms with Gasteiger partial charge in [0, 0.05) is 0 Å². The van der Waals surface area contributed by atoms with Crippen LogP contribution in [0.1, 0.15) is 13.3 Å². The molecule has 1 rings (SSSR count). The van der Waals surface area contributed by atoms with E-state index in [9.17, 15) is 9.90 Å². The molecule has 0 unspecified atom stereocenters. The minimum absolute atomic E-state index is 0.129. The normalized spacial score (nSPS) is 27.8. The summed E-state index contributed by atoms with van der Waals surface area (Å²) >= 11 is 0. The number of hydrogen-bond acceptors (Lipinski definition) is 4. The van der Waals surface area contributed by atoms with E-state index in [2.05, 4.69) is 0 Å². The van der Waals surface area contributed by atoms with Crippen LogP contribution in [0.5, 0.6) is 0 Å². The van der Waals surface area contributed by atoms with Crippen molar-refractivity contribution in [2.75, 3.05) is 19.8 Å². The van der Waals surface area contributed by atoms with Gasteiger partial charge in [0.25, 0.3) is 0 Å². The molecule has 76 valence electrons. The van der Waals surface area contributed by atoms with Gasteiger partial charge in [-0.1, -0.05) is 0 Å². The molecule has 1 fully saturated rings. The van der Waals surface area contributed by atoms with Crippen LogP contribution in [0.15, 0.2) is 0 Å². The van der Waals surface area contributed by atoms with Crippen molar-refractivity contribution >= 4 is 6.09 Å². The van der Waals surface area contributed by atoms with Crippen molar-refractivity contribution in [3.8, 4) is 0 Å². The summed E-state index contributed by atoms with van der Waals surface area (Å²) in [4.78, 5) is 12.6. The smallest absolute Gasteiger partial charge is 0.410 e. The van der Waals surface area contributed by atoms with E-state index in [4.69, 9.17) is 9.84 Å². The summed E-state index contributed by atoms with van der Waals surface area (Å²) in [7, 11) is 0. The van der Waals surface area contributed by atoms with E-state index in [1.165, 1.54) is 4.90 Å². The predicted octanol–water partition coefficient (Wildman–Crippen LogP) is -0.430. The van der Waals surface area contributed by atoms with Gasteiger partial charge in [0.05, 0.1) is 31.9 Å². The second-order valence-corrected chi connectivity index (χ2v) is 3.08. The first-order valence-electron chi connectivity index (χ1n) is 4.41. The summed E-state index contributed by atoms with van der Waals surface area (Å²) in [5.74, 6) is 0. The molecule has 1 heterocycles. The maximum absolute atomic E-state index is 11.2. The van der Waals surface area contributed by atoms with Gasteiger partial charge in [-0.2, -0.15) is 0 Å². The average Bonchev–Trinajstić information content (AvgIpc) is 2.47. The largest absolute Gasteiger partial charge is 0.450 e. The van der Waals surface area contributed by atoms with E-state index in [1.54, 1.807) is 6.92 Å². The molecular formula is C8H15NO4. The topological polar surface area (TPSA) is 70.0 Å². The SMILES string of the molecule is CCOC(=O)N1C[C@H](O)C[C@H]1CO. The van der Waals surface area contributed by atoms with Crippen LogP contribution in [0.2, 0.25) is 0 Å². The molecular weight excluding hydrogens is 174 g/mol. The Hall–Kier alpha value is -0.810. The van der Waals surface area contributed by atoms with Gasteiger partial charge in [-0.05, 0) is 13.3 Å². The number of carbonyl (C=O) groups is 1. The highest BCUT2D eigenvalue weighted by Crippen LogP contribution is 2.18. The van der Waals surface area contributed by atoms with Gasteiger partial charge in [-0.15, -0.1) is 0 Å². The lowest BCUT2D eigenvalue weighted by molar-refractivity contribution is 0.0860. The van der Waals surface area contributed by atoms with Gasteiger partial charge in [-0.25, -0.2) is 4.79 Å². The number of likely N-dealkylation sites (tertiary alicyclic amines) is 1. The van der Waals surface area contributed by atoms with Crippen molar-refractivity contribution in [1.29, 1.82) is 0 Å². The van der Waals surface area contributed by atoms with Gasteiger partial charge < -0.3 is 19.8 Å². The number of hydrogen-bond donors (Lipinski definition) is 2. The fourth-order valence-corrected chi connectivity index (χ4v) is 1.50. The Kier molecular flexibility index (Phi) is 3.50. The first-order valence-corrected chi connectivity index (χ1v) is 4.41. The zero-order valence-corrected chi connectivity index (χ0v) is 7.64. The Morgan fingerprint density at radius 3 is 2.92 bits per heavy atom. The third kappa shape index (κ3) is 2.32. The van der Waals surface area contributed by atoms with E-state index in [0.29, 0.717) is 13.0 Å². The summed E-state index contributed by atoms with van der Waals surface area (Å²) in [6.07, 6.45) is -0.574. The molecule has 0 radical (unpaired) electrons. The maximum Gasteiger partial charge on any atom is 0.410 e. The highest BCUT2D eigenvalue weighted by Gasteiger charge is 2.34. The Morgan fingerprint density at radius 1 is 1.69 bits per heavy atom. The molecule has 1 saturated heterocycles. The second kappa shape index (κ2) is 4.43. The minimum Gasteiger partial charge on any atom is -0.450 e. The Labute approximate surface area is 76.9 Å². The lowest BCUT2D eigenvalue weighted by Crippen LogP contribution is -2.38. The first kappa shape index (κ1) is 10.3. The van der Waals surface area contributed by atoms with E-state index < -0.39 is 12.2 Å². The van der Waals surface area contributed by atoms with Crippen LogP contribution in [-0.2, 0) is 4.74 Å². The van der Waals surface area contributed by atoms with Crippen molar-refractivity contribution in [3.05, 3.63) is 0 Å². The summed E-state index contributed by atoms with van der Waals surface area (Å²) in [5.41, 5.74) is 0. The van der Waals surface area contributed by atoms with Crippen LogP contribution in [0.4, 0.5) is 4.79 Å². The van der Waals surface area contributed by atoms with Crippen LogP contribution < -0.4 is 0 Å². The van der Waals surface area contributed by atoms with Crippen molar-refractivity contribution in [1.82, 2.24) is 4.90 Å². The molecule has 0 saturated carbocycles. The van der Waals surface area contributed by atoms with Crippen LogP contribution in [0, 0.1) is 0 Å². The Bertz CT molecular complexity index is 185. The molecule has 1 aliphatic rings. The molecule has 5 nitrogen and oxygen atoms in total. The Balaban J connectivity index is 2.52. The van der Waals surface area contributed by atoms with Gasteiger partial charge in [-0.3, -0.25) is 0 Å². The number of β-amino-alcohol motifs (C(OH)–C–C–N with tert-alkyl or cyclic N) is 1. The van der Waals surface area contributed by atoms with Crippen molar-refractivity contribution < 1.29 is 19.7 Å². The maximum atomic E-state index is 11.2. The number of nitrogens with zero attached hydrogens (tertiary/aromatic N) is 1. The molecule has 2 atom stereocenters. The van der Waals surface area contributed by atoms with E-state index in [1.807, 2.05) is 0 Å². The third-order valence-electron chi connectivity index (χ3n) is 2.11. The standard InChI is InChI=1S/C8H15NO4/c1-2-13-8(12)9-4-7(11)3-6(9)5-10/h6-7,10-11H,2-5H2,1H3/t6-,7+/m0/s1. The fraction of sp³-hybridized carbons (Fsp3) is 0.875. The zero-order chi connectivity index (χ0) is 9.84. The van der Waals surface area contributed by atoms with Gasteiger partial charge in [0.1, 0.15) is 0 Å². The number of carbonyl (C=O) groups excluding carboxylic acids is 1. The second-order valence-electron chi connectivity index (χ2n) is 3.08. The minimum atomic E-state index is -0.540. The van der Waals surface area contributed by atoms with Gasteiger partial charge in [0.15, 0.2) is 0 Å². The molecule has 5 heteroatoms. The number of rotatable bonds is 2. The number of ether oxygens (including phenoxy) is 1. The fourth-order valence-electron chi connectivity index (χ4n) is 1.50. The van der Waals surface area contributed by atoms with Crippen LogP contribution >= 0.6 is 0 Å². The molecule has 0 aromatic heterocycles. The van der Waals surface area contributed by atoms with Crippen molar-refractivity contribution in [2.24, 2.45) is 0 Å². The van der Waals surface area contributed by atoms with Crippen LogP contribution in [0.3, 0.4) is 0 Å². The summed E-state index contributed by atoms with van der Waals surface area (Å²) in [6.45, 7) is 2.15. The van der Waals surface area contributed by atoms with Crippen LogP contribution in [0.25, 0.3) is 0 Å². The molecule has 1 amide bonds. The molecule has 2 N–H and O–H groups in total. The monoisotopic (exact) mass is 189 g/mol. The molecule has 13 heavy (non-hydrogen) atoms. The lowest BCUT2D eigenvalue weighted by atomic mass is 10.2. The lowest BCUT2D eigenvalue weighted by Gasteiger charge is -2.21. The number of amides is 1. The average molecular weight is 189 g/mol. The van der Waals surface area contributed by atoms with Gasteiger partial charge >= 0.3 is 6.09 Å². The highest BCUT2D eigenvalue weighted by molar-refractivity contribution is 5.68. The molecule has 0 bridgehead atoms. The van der Waals surface area contributed by atoms with E-state index >= 15 is 0 Å².